The van der Waals surface area contributed by atoms with Gasteiger partial charge in [0.05, 0.1) is 0 Å². The lowest BCUT2D eigenvalue weighted by molar-refractivity contribution is -0.399. The molecule has 0 aliphatic rings. The number of benzene rings is 1. The maximum atomic E-state index is 13.6. The third-order valence-corrected chi connectivity index (χ3v) is 2.90. The van der Waals surface area contributed by atoms with Crippen molar-refractivity contribution in [3.05, 3.63) is 42.3 Å². The van der Waals surface area contributed by atoms with Gasteiger partial charge in [-0.1, -0.05) is 25.1 Å². The SMILES string of the molecule is [CH2]CCc1cccc(C(F)(F)C(F)(F)C(F)(F)C(F)(F)F)c1. The Bertz CT molecular complexity index is 516. The Morgan fingerprint density at radius 3 is 1.82 bits per heavy atom. The summed E-state index contributed by atoms with van der Waals surface area (Å²) < 4.78 is 115. The van der Waals surface area contributed by atoms with E-state index in [0.29, 0.717) is 12.1 Å². The molecule has 0 nitrogen and oxygen atoms in total. The Morgan fingerprint density at radius 2 is 1.36 bits per heavy atom. The maximum absolute atomic E-state index is 13.6. The molecule has 0 saturated heterocycles. The summed E-state index contributed by atoms with van der Waals surface area (Å²) in [6, 6.07) is 2.94. The minimum absolute atomic E-state index is 0.0679. The average molecular weight is 337 g/mol. The molecule has 1 aromatic carbocycles. The highest BCUT2D eigenvalue weighted by atomic mass is 19.4. The van der Waals surface area contributed by atoms with Crippen molar-refractivity contribution in [2.75, 3.05) is 0 Å². The second kappa shape index (κ2) is 5.66. The van der Waals surface area contributed by atoms with Gasteiger partial charge in [0.1, 0.15) is 0 Å². The third-order valence-electron chi connectivity index (χ3n) is 2.90. The molecule has 0 spiro atoms. The number of alkyl halides is 9. The van der Waals surface area contributed by atoms with Crippen LogP contribution in [0.25, 0.3) is 0 Å². The van der Waals surface area contributed by atoms with Crippen molar-refractivity contribution >= 4 is 0 Å². The normalized spacial score (nSPS) is 14.3. The molecule has 1 radical (unpaired) electrons. The first-order valence-corrected chi connectivity index (χ1v) is 5.88. The van der Waals surface area contributed by atoms with E-state index in [2.05, 4.69) is 6.92 Å². The smallest absolute Gasteiger partial charge is 0.194 e. The van der Waals surface area contributed by atoms with E-state index in [0.717, 1.165) is 6.07 Å². The summed E-state index contributed by atoms with van der Waals surface area (Å²) in [5.74, 6) is -19.2. The molecular weight excluding hydrogens is 327 g/mol. The molecule has 0 amide bonds. The number of rotatable bonds is 5. The van der Waals surface area contributed by atoms with E-state index in [1.165, 1.54) is 6.07 Å². The molecule has 22 heavy (non-hydrogen) atoms. The third kappa shape index (κ3) is 2.89. The Morgan fingerprint density at radius 1 is 0.818 bits per heavy atom. The van der Waals surface area contributed by atoms with Gasteiger partial charge < -0.3 is 0 Å². The summed E-state index contributed by atoms with van der Waals surface area (Å²) >= 11 is 0. The van der Waals surface area contributed by atoms with E-state index in [4.69, 9.17) is 0 Å². The highest BCUT2D eigenvalue weighted by molar-refractivity contribution is 5.30. The van der Waals surface area contributed by atoms with Gasteiger partial charge in [-0.15, -0.1) is 0 Å². The van der Waals surface area contributed by atoms with Gasteiger partial charge in [0.15, 0.2) is 0 Å². The predicted molar refractivity (Wildman–Crippen MR) is 60.0 cm³/mol. The van der Waals surface area contributed by atoms with Gasteiger partial charge in [-0.2, -0.15) is 39.5 Å². The van der Waals surface area contributed by atoms with Crippen molar-refractivity contribution in [2.45, 2.75) is 36.8 Å². The second-order valence-corrected chi connectivity index (χ2v) is 4.52. The van der Waals surface area contributed by atoms with Gasteiger partial charge in [0.2, 0.25) is 0 Å². The fourth-order valence-corrected chi connectivity index (χ4v) is 1.68. The van der Waals surface area contributed by atoms with Crippen LogP contribution in [0.2, 0.25) is 0 Å². The van der Waals surface area contributed by atoms with Crippen molar-refractivity contribution in [2.24, 2.45) is 0 Å². The minimum atomic E-state index is -6.88. The first-order chi connectivity index (χ1) is 9.79. The molecule has 0 N–H and O–H groups in total. The fourth-order valence-electron chi connectivity index (χ4n) is 1.68. The molecule has 0 fully saturated rings. The summed E-state index contributed by atoms with van der Waals surface area (Å²) in [4.78, 5) is 0. The first kappa shape index (κ1) is 18.6. The highest BCUT2D eigenvalue weighted by Crippen LogP contribution is 2.56. The second-order valence-electron chi connectivity index (χ2n) is 4.52. The van der Waals surface area contributed by atoms with Crippen LogP contribution in [0.1, 0.15) is 17.5 Å². The number of hydrogen-bond donors (Lipinski definition) is 0. The number of halogens is 9. The summed E-state index contributed by atoms with van der Waals surface area (Å²) in [5.41, 5.74) is -1.55. The van der Waals surface area contributed by atoms with Crippen LogP contribution in [0.3, 0.4) is 0 Å². The quantitative estimate of drug-likeness (QED) is 0.633. The van der Waals surface area contributed by atoms with E-state index in [-0.39, 0.29) is 18.4 Å². The molecule has 0 saturated carbocycles. The topological polar surface area (TPSA) is 0 Å². The Balaban J connectivity index is 3.35. The van der Waals surface area contributed by atoms with Crippen molar-refractivity contribution < 1.29 is 39.5 Å². The van der Waals surface area contributed by atoms with Crippen molar-refractivity contribution in [1.29, 1.82) is 0 Å². The molecule has 0 atom stereocenters. The number of aryl methyl sites for hydroxylation is 1. The Labute approximate surface area is 119 Å². The highest BCUT2D eigenvalue weighted by Gasteiger charge is 2.81. The molecule has 0 unspecified atom stereocenters. The lowest BCUT2D eigenvalue weighted by Gasteiger charge is -2.33. The van der Waals surface area contributed by atoms with Crippen LogP contribution in [-0.2, 0) is 12.3 Å². The van der Waals surface area contributed by atoms with E-state index in [1.807, 2.05) is 0 Å². The number of hydrogen-bond acceptors (Lipinski definition) is 0. The first-order valence-electron chi connectivity index (χ1n) is 5.88. The summed E-state index contributed by atoms with van der Waals surface area (Å²) in [5, 5.41) is 0. The molecule has 0 heterocycles. The molecule has 125 valence electrons. The Hall–Kier alpha value is -1.41. The largest absolute Gasteiger partial charge is 0.460 e. The van der Waals surface area contributed by atoms with Crippen molar-refractivity contribution in [3.8, 4) is 0 Å². The van der Waals surface area contributed by atoms with Crippen LogP contribution >= 0.6 is 0 Å². The van der Waals surface area contributed by atoms with Gasteiger partial charge in [-0.25, -0.2) is 0 Å². The molecule has 0 aromatic heterocycles. The van der Waals surface area contributed by atoms with Crippen molar-refractivity contribution in [1.82, 2.24) is 0 Å². The fraction of sp³-hybridized carbons (Fsp3) is 0.462. The van der Waals surface area contributed by atoms with Crippen LogP contribution < -0.4 is 0 Å². The van der Waals surface area contributed by atoms with Gasteiger partial charge in [-0.3, -0.25) is 0 Å². The molecule has 9 heteroatoms. The van der Waals surface area contributed by atoms with E-state index in [1.54, 1.807) is 0 Å². The van der Waals surface area contributed by atoms with Crippen LogP contribution in [0.4, 0.5) is 39.5 Å². The van der Waals surface area contributed by atoms with E-state index >= 15 is 0 Å². The zero-order chi connectivity index (χ0) is 17.4. The molecule has 0 bridgehead atoms. The van der Waals surface area contributed by atoms with Crippen LogP contribution in [0.5, 0.6) is 0 Å². The van der Waals surface area contributed by atoms with Gasteiger partial charge in [0.25, 0.3) is 0 Å². The van der Waals surface area contributed by atoms with Gasteiger partial charge in [0, 0.05) is 5.56 Å². The molecule has 0 aliphatic heterocycles. The monoisotopic (exact) mass is 337 g/mol. The minimum Gasteiger partial charge on any atom is -0.194 e. The molecular formula is C13H10F9. The zero-order valence-electron chi connectivity index (χ0n) is 10.8. The lowest BCUT2D eigenvalue weighted by Crippen LogP contribution is -2.59. The summed E-state index contributed by atoms with van der Waals surface area (Å²) in [6.45, 7) is 3.39. The standard InChI is InChI=1S/C13H10F9/c1-2-4-8-5-3-6-9(7-8)10(14,15)11(16,17)12(18,19)13(20,21)22/h3,5-7H,1-2,4H2. The van der Waals surface area contributed by atoms with E-state index < -0.39 is 29.5 Å². The molecule has 1 aromatic rings. The summed E-state index contributed by atoms with van der Waals surface area (Å²) in [7, 11) is 0. The van der Waals surface area contributed by atoms with Crippen LogP contribution in [0, 0.1) is 6.92 Å². The van der Waals surface area contributed by atoms with Crippen LogP contribution in [0.15, 0.2) is 24.3 Å². The molecule has 1 rings (SSSR count). The van der Waals surface area contributed by atoms with Crippen LogP contribution in [-0.4, -0.2) is 18.0 Å². The Kier molecular flexibility index (Phi) is 4.79. The molecule has 0 aliphatic carbocycles. The lowest BCUT2D eigenvalue weighted by atomic mass is 9.95. The zero-order valence-corrected chi connectivity index (χ0v) is 10.8. The predicted octanol–water partition coefficient (Wildman–Crippen LogP) is 5.38. The summed E-state index contributed by atoms with van der Waals surface area (Å²) in [6.07, 6.45) is -6.54. The average Bonchev–Trinajstić information content (AvgIpc) is 2.37. The van der Waals surface area contributed by atoms with E-state index in [9.17, 15) is 39.5 Å². The van der Waals surface area contributed by atoms with Gasteiger partial charge >= 0.3 is 23.9 Å². The maximum Gasteiger partial charge on any atom is 0.460 e. The van der Waals surface area contributed by atoms with Crippen molar-refractivity contribution in [3.63, 3.8) is 0 Å². The van der Waals surface area contributed by atoms with Gasteiger partial charge in [-0.05, 0) is 24.5 Å².